The van der Waals surface area contributed by atoms with E-state index in [1.54, 1.807) is 0 Å². The lowest BCUT2D eigenvalue weighted by Gasteiger charge is -2.50. The summed E-state index contributed by atoms with van der Waals surface area (Å²) in [6.45, 7) is 4.24. The summed E-state index contributed by atoms with van der Waals surface area (Å²) < 4.78 is 5.83. The van der Waals surface area contributed by atoms with Gasteiger partial charge in [0.1, 0.15) is 11.9 Å². The van der Waals surface area contributed by atoms with Crippen molar-refractivity contribution < 1.29 is 14.6 Å². The number of hydrogen-bond donors (Lipinski definition) is 1. The Morgan fingerprint density at radius 2 is 2.12 bits per heavy atom. The molecule has 0 aromatic heterocycles. The Kier molecular flexibility index (Phi) is 3.85. The van der Waals surface area contributed by atoms with E-state index in [4.69, 9.17) is 4.74 Å². The van der Waals surface area contributed by atoms with E-state index in [1.807, 2.05) is 19.1 Å². The van der Waals surface area contributed by atoms with Crippen LogP contribution in [-0.2, 0) is 16.0 Å². The summed E-state index contributed by atoms with van der Waals surface area (Å²) in [5, 5.41) is 9.77. The number of benzene rings is 1. The number of carbonyl (C=O) groups excluding carboxylic acids is 1. The molecule has 0 heterocycles. The number of phenols is 1. The van der Waals surface area contributed by atoms with Gasteiger partial charge < -0.3 is 9.84 Å². The molecule has 0 bridgehead atoms. The van der Waals surface area contributed by atoms with Crippen molar-refractivity contribution in [2.75, 3.05) is 0 Å². The van der Waals surface area contributed by atoms with E-state index in [0.717, 1.165) is 19.3 Å². The maximum Gasteiger partial charge on any atom is 0.305 e. The zero-order valence-corrected chi connectivity index (χ0v) is 14.8. The molecule has 1 N–H and O–H groups in total. The van der Waals surface area contributed by atoms with Crippen LogP contribution in [0.5, 0.6) is 5.75 Å². The highest BCUT2D eigenvalue weighted by Crippen LogP contribution is 2.61. The Morgan fingerprint density at radius 1 is 1.29 bits per heavy atom. The van der Waals surface area contributed by atoms with Crippen LogP contribution in [0.15, 0.2) is 18.2 Å². The van der Waals surface area contributed by atoms with E-state index in [0.29, 0.717) is 29.9 Å². The summed E-state index contributed by atoms with van der Waals surface area (Å²) in [5.74, 6) is 2.32. The lowest BCUT2D eigenvalue weighted by molar-refractivity contribution is -0.157. The quantitative estimate of drug-likeness (QED) is 0.809. The van der Waals surface area contributed by atoms with Crippen molar-refractivity contribution in [1.29, 1.82) is 0 Å². The molecule has 4 rings (SSSR count). The van der Waals surface area contributed by atoms with Gasteiger partial charge in [0.05, 0.1) is 0 Å². The van der Waals surface area contributed by atoms with Gasteiger partial charge in [-0.05, 0) is 79.5 Å². The van der Waals surface area contributed by atoms with Crippen molar-refractivity contribution in [3.8, 4) is 5.75 Å². The monoisotopic (exact) mass is 328 g/mol. The molecule has 130 valence electrons. The Labute approximate surface area is 144 Å². The van der Waals surface area contributed by atoms with Gasteiger partial charge in [0.25, 0.3) is 0 Å². The number of rotatable bonds is 2. The summed E-state index contributed by atoms with van der Waals surface area (Å²) in [6.07, 6.45) is 7.38. The van der Waals surface area contributed by atoms with Crippen LogP contribution in [0.25, 0.3) is 0 Å². The largest absolute Gasteiger partial charge is 0.508 e. The summed E-state index contributed by atoms with van der Waals surface area (Å²) in [4.78, 5) is 11.8. The Hall–Kier alpha value is -1.51. The molecule has 1 aromatic rings. The van der Waals surface area contributed by atoms with Crippen molar-refractivity contribution >= 4 is 5.97 Å². The second-order valence-electron chi connectivity index (χ2n) is 8.25. The molecule has 0 unspecified atom stereocenters. The molecule has 5 atom stereocenters. The highest BCUT2D eigenvalue weighted by molar-refractivity contribution is 5.69. The topological polar surface area (TPSA) is 46.5 Å². The number of ether oxygens (including phenoxy) is 1. The molecule has 0 amide bonds. The predicted molar refractivity (Wildman–Crippen MR) is 92.9 cm³/mol. The molecular formula is C21H28O3. The van der Waals surface area contributed by atoms with Crippen LogP contribution < -0.4 is 0 Å². The van der Waals surface area contributed by atoms with E-state index in [-0.39, 0.29) is 17.5 Å². The minimum atomic E-state index is -0.0477. The molecule has 2 saturated carbocycles. The lowest BCUT2D eigenvalue weighted by atomic mass is 9.55. The zero-order valence-electron chi connectivity index (χ0n) is 14.8. The van der Waals surface area contributed by atoms with E-state index >= 15 is 0 Å². The summed E-state index contributed by atoms with van der Waals surface area (Å²) in [6, 6.07) is 5.95. The van der Waals surface area contributed by atoms with Crippen LogP contribution in [0.1, 0.15) is 69.4 Å². The van der Waals surface area contributed by atoms with Crippen LogP contribution in [0.3, 0.4) is 0 Å². The van der Waals surface area contributed by atoms with Crippen molar-refractivity contribution in [2.45, 2.75) is 70.8 Å². The smallest absolute Gasteiger partial charge is 0.305 e. The van der Waals surface area contributed by atoms with E-state index < -0.39 is 0 Å². The average molecular weight is 328 g/mol. The van der Waals surface area contributed by atoms with Crippen LogP contribution in [0.2, 0.25) is 0 Å². The number of fused-ring (bicyclic) bond motifs is 5. The number of esters is 1. The zero-order chi connectivity index (χ0) is 16.9. The van der Waals surface area contributed by atoms with Gasteiger partial charge in [0, 0.05) is 11.8 Å². The first-order chi connectivity index (χ1) is 11.5. The fraction of sp³-hybridized carbons (Fsp3) is 0.667. The molecule has 3 nitrogen and oxygen atoms in total. The van der Waals surface area contributed by atoms with Gasteiger partial charge in [-0.2, -0.15) is 0 Å². The normalized spacial score (nSPS) is 37.2. The van der Waals surface area contributed by atoms with Gasteiger partial charge in [0.15, 0.2) is 0 Å². The highest BCUT2D eigenvalue weighted by atomic mass is 16.5. The molecule has 0 radical (unpaired) electrons. The van der Waals surface area contributed by atoms with Crippen LogP contribution in [0, 0.1) is 17.3 Å². The second kappa shape index (κ2) is 5.79. The first-order valence-corrected chi connectivity index (χ1v) is 9.54. The molecule has 0 aliphatic heterocycles. The number of aryl methyl sites for hydroxylation is 1. The lowest BCUT2D eigenvalue weighted by Crippen LogP contribution is -2.45. The fourth-order valence-corrected chi connectivity index (χ4v) is 5.96. The third-order valence-electron chi connectivity index (χ3n) is 7.19. The molecule has 3 aliphatic carbocycles. The van der Waals surface area contributed by atoms with Crippen molar-refractivity contribution in [2.24, 2.45) is 17.3 Å². The molecule has 0 spiro atoms. The van der Waals surface area contributed by atoms with Crippen LogP contribution in [-0.4, -0.2) is 17.2 Å². The van der Waals surface area contributed by atoms with Gasteiger partial charge in [-0.3, -0.25) is 4.79 Å². The van der Waals surface area contributed by atoms with Crippen LogP contribution in [0.4, 0.5) is 0 Å². The van der Waals surface area contributed by atoms with Gasteiger partial charge in [0.2, 0.25) is 0 Å². The predicted octanol–water partition coefficient (Wildman–Crippen LogP) is 4.57. The summed E-state index contributed by atoms with van der Waals surface area (Å²) >= 11 is 0. The SMILES string of the molecule is CCC(=O)O[C@@H]1CC[C@@H]2[C@@H]3CCc4cc(O)ccc4[C@H]3CC[C@@]21C. The first kappa shape index (κ1) is 16.0. The average Bonchev–Trinajstić information content (AvgIpc) is 2.90. The first-order valence-electron chi connectivity index (χ1n) is 9.54. The van der Waals surface area contributed by atoms with Crippen molar-refractivity contribution in [3.05, 3.63) is 29.3 Å². The number of aromatic hydroxyl groups is 1. The maximum atomic E-state index is 11.8. The van der Waals surface area contributed by atoms with Gasteiger partial charge in [-0.25, -0.2) is 0 Å². The van der Waals surface area contributed by atoms with Crippen molar-refractivity contribution in [1.82, 2.24) is 0 Å². The summed E-state index contributed by atoms with van der Waals surface area (Å²) in [5.41, 5.74) is 2.95. The number of hydrogen-bond acceptors (Lipinski definition) is 3. The minimum absolute atomic E-state index is 0.0477. The summed E-state index contributed by atoms with van der Waals surface area (Å²) in [7, 11) is 0. The number of carbonyl (C=O) groups is 1. The molecule has 1 aromatic carbocycles. The molecule has 24 heavy (non-hydrogen) atoms. The van der Waals surface area contributed by atoms with Gasteiger partial charge in [-0.15, -0.1) is 0 Å². The molecule has 0 saturated heterocycles. The molecule has 3 aliphatic rings. The van der Waals surface area contributed by atoms with Gasteiger partial charge in [-0.1, -0.05) is 19.9 Å². The Morgan fingerprint density at radius 3 is 2.92 bits per heavy atom. The third kappa shape index (κ3) is 2.35. The Balaban J connectivity index is 1.60. The number of phenolic OH excluding ortho intramolecular Hbond substituents is 1. The van der Waals surface area contributed by atoms with E-state index in [1.165, 1.54) is 30.4 Å². The van der Waals surface area contributed by atoms with Crippen molar-refractivity contribution in [3.63, 3.8) is 0 Å². The van der Waals surface area contributed by atoms with E-state index in [2.05, 4.69) is 13.0 Å². The van der Waals surface area contributed by atoms with Crippen LogP contribution >= 0.6 is 0 Å². The van der Waals surface area contributed by atoms with Gasteiger partial charge >= 0.3 is 5.97 Å². The standard InChI is InChI=1S/C21H28O3/c1-3-20(23)24-19-9-8-18-17-6-4-13-12-14(22)5-7-15(13)16(17)10-11-21(18,19)2/h5,7,12,16-19,22H,3-4,6,8-11H2,1-2H3/t16-,17-,18-,19-,21+/m1/s1. The maximum absolute atomic E-state index is 11.8. The molecule has 2 fully saturated rings. The molecular weight excluding hydrogens is 300 g/mol. The minimum Gasteiger partial charge on any atom is -0.508 e. The third-order valence-corrected chi connectivity index (χ3v) is 7.19. The second-order valence-corrected chi connectivity index (χ2v) is 8.25. The van der Waals surface area contributed by atoms with E-state index in [9.17, 15) is 9.90 Å². The molecule has 3 heteroatoms. The Bertz CT molecular complexity index is 652. The highest BCUT2D eigenvalue weighted by Gasteiger charge is 2.56. The fourth-order valence-electron chi connectivity index (χ4n) is 5.96.